The van der Waals surface area contributed by atoms with Gasteiger partial charge in [0.15, 0.2) is 0 Å². The van der Waals surface area contributed by atoms with E-state index in [9.17, 15) is 9.59 Å². The first-order valence-electron chi connectivity index (χ1n) is 7.52. The molecule has 1 aliphatic heterocycles. The molecule has 2 aromatic rings. The van der Waals surface area contributed by atoms with E-state index in [0.717, 1.165) is 4.88 Å². The van der Waals surface area contributed by atoms with E-state index in [1.54, 1.807) is 18.2 Å². The normalized spacial score (nSPS) is 15.4. The Bertz CT molecular complexity index is 694. The van der Waals surface area contributed by atoms with E-state index in [1.807, 2.05) is 28.5 Å². The Morgan fingerprint density at radius 1 is 1.17 bits per heavy atom. The highest BCUT2D eigenvalue weighted by Crippen LogP contribution is 2.23. The third-order valence-corrected chi connectivity index (χ3v) is 5.07. The maximum Gasteiger partial charge on any atom is 0.263 e. The van der Waals surface area contributed by atoms with E-state index in [2.05, 4.69) is 5.32 Å². The molecule has 0 bridgehead atoms. The molecule has 4 nitrogen and oxygen atoms in total. The molecule has 1 fully saturated rings. The third kappa shape index (κ3) is 3.92. The van der Waals surface area contributed by atoms with Gasteiger partial charge in [-0.15, -0.1) is 11.3 Å². The van der Waals surface area contributed by atoms with E-state index < -0.39 is 0 Å². The standard InChI is InChI=1S/C17H17ClN2O2S/c18-13-3-1-4-14(11-13)19-16(21)12-6-8-20(9-7-12)17(22)15-5-2-10-23-15/h1-5,10-12H,6-9H2,(H,19,21). The molecule has 6 heteroatoms. The summed E-state index contributed by atoms with van der Waals surface area (Å²) in [6.45, 7) is 1.23. The first-order valence-corrected chi connectivity index (χ1v) is 8.78. The molecule has 1 aromatic heterocycles. The van der Waals surface area contributed by atoms with Gasteiger partial charge in [-0.25, -0.2) is 0 Å². The first-order chi connectivity index (χ1) is 11.1. The zero-order valence-corrected chi connectivity index (χ0v) is 14.1. The van der Waals surface area contributed by atoms with Gasteiger partial charge in [0.1, 0.15) is 0 Å². The van der Waals surface area contributed by atoms with Crippen LogP contribution < -0.4 is 5.32 Å². The SMILES string of the molecule is O=C(Nc1cccc(Cl)c1)C1CCN(C(=O)c2cccs2)CC1. The van der Waals surface area contributed by atoms with E-state index in [0.29, 0.717) is 36.6 Å². The number of rotatable bonds is 3. The fourth-order valence-corrected chi connectivity index (χ4v) is 3.59. The Balaban J connectivity index is 1.54. The lowest BCUT2D eigenvalue weighted by Gasteiger charge is -2.31. The molecule has 2 heterocycles. The Morgan fingerprint density at radius 3 is 2.61 bits per heavy atom. The van der Waals surface area contributed by atoms with Gasteiger partial charge in [-0.1, -0.05) is 23.7 Å². The van der Waals surface area contributed by atoms with E-state index >= 15 is 0 Å². The second-order valence-electron chi connectivity index (χ2n) is 5.54. The number of anilines is 1. The number of carbonyl (C=O) groups excluding carboxylic acids is 2. The highest BCUT2D eigenvalue weighted by atomic mass is 35.5. The predicted octanol–water partition coefficient (Wildman–Crippen LogP) is 3.89. The molecule has 0 unspecified atom stereocenters. The Hall–Kier alpha value is -1.85. The molecular weight excluding hydrogens is 332 g/mol. The summed E-state index contributed by atoms with van der Waals surface area (Å²) < 4.78 is 0. The molecule has 1 aromatic carbocycles. The molecule has 0 aliphatic carbocycles. The smallest absolute Gasteiger partial charge is 0.263 e. The molecule has 0 atom stereocenters. The van der Waals surface area contributed by atoms with Crippen LogP contribution >= 0.6 is 22.9 Å². The minimum Gasteiger partial charge on any atom is -0.338 e. The number of likely N-dealkylation sites (tertiary alicyclic amines) is 1. The number of piperidine rings is 1. The first kappa shape index (κ1) is 16.0. The molecule has 1 aliphatic rings. The fraction of sp³-hybridized carbons (Fsp3) is 0.294. The van der Waals surface area contributed by atoms with Gasteiger partial charge in [0.2, 0.25) is 5.91 Å². The summed E-state index contributed by atoms with van der Waals surface area (Å²) in [6.07, 6.45) is 1.37. The minimum atomic E-state index is -0.0682. The maximum atomic E-state index is 12.3. The summed E-state index contributed by atoms with van der Waals surface area (Å²) in [5.41, 5.74) is 0.708. The summed E-state index contributed by atoms with van der Waals surface area (Å²) in [5.74, 6) is -0.00874. The highest BCUT2D eigenvalue weighted by molar-refractivity contribution is 7.12. The van der Waals surface area contributed by atoms with E-state index in [4.69, 9.17) is 11.6 Å². The Labute approximate surface area is 144 Å². The van der Waals surface area contributed by atoms with Crippen LogP contribution in [0.1, 0.15) is 22.5 Å². The average molecular weight is 349 g/mol. The number of halogens is 1. The van der Waals surface area contributed by atoms with Crippen LogP contribution in [-0.4, -0.2) is 29.8 Å². The Kier molecular flexibility index (Phi) is 4.98. The highest BCUT2D eigenvalue weighted by Gasteiger charge is 2.28. The molecule has 120 valence electrons. The van der Waals surface area contributed by atoms with Gasteiger partial charge in [0, 0.05) is 29.7 Å². The molecule has 0 radical (unpaired) electrons. The number of hydrogen-bond donors (Lipinski definition) is 1. The van der Waals surface area contributed by atoms with Crippen LogP contribution in [0.5, 0.6) is 0 Å². The van der Waals surface area contributed by atoms with Crippen molar-refractivity contribution in [2.75, 3.05) is 18.4 Å². The fourth-order valence-electron chi connectivity index (χ4n) is 2.71. The van der Waals surface area contributed by atoms with Gasteiger partial charge in [-0.2, -0.15) is 0 Å². The van der Waals surface area contributed by atoms with Gasteiger partial charge < -0.3 is 10.2 Å². The number of nitrogens with one attached hydrogen (secondary N) is 1. The number of amides is 2. The second kappa shape index (κ2) is 7.15. The van der Waals surface area contributed by atoms with Crippen molar-refractivity contribution < 1.29 is 9.59 Å². The maximum absolute atomic E-state index is 12.3. The zero-order chi connectivity index (χ0) is 16.2. The van der Waals surface area contributed by atoms with Crippen LogP contribution in [0.25, 0.3) is 0 Å². The van der Waals surface area contributed by atoms with Crippen molar-refractivity contribution in [1.29, 1.82) is 0 Å². The molecule has 23 heavy (non-hydrogen) atoms. The number of hydrogen-bond acceptors (Lipinski definition) is 3. The quantitative estimate of drug-likeness (QED) is 0.914. The molecule has 0 spiro atoms. The third-order valence-electron chi connectivity index (χ3n) is 3.98. The summed E-state index contributed by atoms with van der Waals surface area (Å²) in [6, 6.07) is 10.8. The number of nitrogens with zero attached hydrogens (tertiary/aromatic N) is 1. The lowest BCUT2D eigenvalue weighted by Crippen LogP contribution is -2.41. The summed E-state index contributed by atoms with van der Waals surface area (Å²) in [7, 11) is 0. The topological polar surface area (TPSA) is 49.4 Å². The molecular formula is C17H17ClN2O2S. The van der Waals surface area contributed by atoms with Crippen LogP contribution in [0.4, 0.5) is 5.69 Å². The van der Waals surface area contributed by atoms with Crippen molar-refractivity contribution in [3.05, 3.63) is 51.7 Å². The zero-order valence-electron chi connectivity index (χ0n) is 12.5. The van der Waals surface area contributed by atoms with Crippen LogP contribution in [0.3, 0.4) is 0 Å². The molecule has 0 saturated carbocycles. The molecule has 1 saturated heterocycles. The van der Waals surface area contributed by atoms with E-state index in [1.165, 1.54) is 11.3 Å². The number of thiophene rings is 1. The van der Waals surface area contributed by atoms with Gasteiger partial charge in [0.05, 0.1) is 4.88 Å². The lowest BCUT2D eigenvalue weighted by atomic mass is 9.95. The van der Waals surface area contributed by atoms with Gasteiger partial charge in [-0.3, -0.25) is 9.59 Å². The largest absolute Gasteiger partial charge is 0.338 e. The number of benzene rings is 1. The second-order valence-corrected chi connectivity index (χ2v) is 6.93. The molecule has 2 amide bonds. The molecule has 1 N–H and O–H groups in total. The van der Waals surface area contributed by atoms with Crippen molar-refractivity contribution in [1.82, 2.24) is 4.90 Å². The summed E-state index contributed by atoms with van der Waals surface area (Å²) in [4.78, 5) is 27.2. The van der Waals surface area contributed by atoms with Crippen molar-refractivity contribution >= 4 is 40.4 Å². The number of carbonyl (C=O) groups is 2. The monoisotopic (exact) mass is 348 g/mol. The van der Waals surface area contributed by atoms with Crippen LogP contribution in [0.2, 0.25) is 5.02 Å². The van der Waals surface area contributed by atoms with Crippen molar-refractivity contribution in [3.8, 4) is 0 Å². The Morgan fingerprint density at radius 2 is 1.96 bits per heavy atom. The van der Waals surface area contributed by atoms with Crippen molar-refractivity contribution in [2.45, 2.75) is 12.8 Å². The summed E-state index contributed by atoms with van der Waals surface area (Å²) >= 11 is 7.37. The van der Waals surface area contributed by atoms with Crippen molar-refractivity contribution in [2.24, 2.45) is 5.92 Å². The predicted molar refractivity (Wildman–Crippen MR) is 93.0 cm³/mol. The van der Waals surface area contributed by atoms with Crippen LogP contribution in [0.15, 0.2) is 41.8 Å². The van der Waals surface area contributed by atoms with Crippen LogP contribution in [0, 0.1) is 5.92 Å². The summed E-state index contributed by atoms with van der Waals surface area (Å²) in [5, 5.41) is 5.40. The van der Waals surface area contributed by atoms with E-state index in [-0.39, 0.29) is 17.7 Å². The van der Waals surface area contributed by atoms with Gasteiger partial charge >= 0.3 is 0 Å². The molecule has 3 rings (SSSR count). The lowest BCUT2D eigenvalue weighted by molar-refractivity contribution is -0.121. The average Bonchev–Trinajstić information content (AvgIpc) is 3.09. The van der Waals surface area contributed by atoms with Gasteiger partial charge in [-0.05, 0) is 42.5 Å². The minimum absolute atomic E-state index is 0.00418. The van der Waals surface area contributed by atoms with Crippen molar-refractivity contribution in [3.63, 3.8) is 0 Å². The van der Waals surface area contributed by atoms with Crippen LogP contribution in [-0.2, 0) is 4.79 Å². The van der Waals surface area contributed by atoms with Gasteiger partial charge in [0.25, 0.3) is 5.91 Å².